The van der Waals surface area contributed by atoms with Crippen LogP contribution in [0.1, 0.15) is 23.0 Å². The molecule has 0 bridgehead atoms. The number of nitrogens with zero attached hydrogens (tertiary/aromatic N) is 1. The molecule has 0 aliphatic carbocycles. The van der Waals surface area contributed by atoms with E-state index in [1.165, 1.54) is 0 Å². The van der Waals surface area contributed by atoms with Gasteiger partial charge in [0.2, 0.25) is 11.5 Å². The van der Waals surface area contributed by atoms with E-state index in [-0.39, 0.29) is 0 Å². The van der Waals surface area contributed by atoms with Crippen LogP contribution in [0.5, 0.6) is 34.5 Å². The van der Waals surface area contributed by atoms with Crippen LogP contribution in [0, 0.1) is 0 Å². The summed E-state index contributed by atoms with van der Waals surface area (Å²) in [5.74, 6) is 3.66. The second-order valence-electron chi connectivity index (χ2n) is 8.80. The number of H-pyrrole nitrogens is 1. The molecule has 0 spiro atoms. The number of aromatic amines is 1. The van der Waals surface area contributed by atoms with Gasteiger partial charge < -0.3 is 44.0 Å². The van der Waals surface area contributed by atoms with Crippen molar-refractivity contribution in [2.75, 3.05) is 42.7 Å². The van der Waals surface area contributed by atoms with E-state index in [2.05, 4.69) is 15.6 Å². The van der Waals surface area contributed by atoms with Crippen molar-refractivity contribution in [2.45, 2.75) is 6.04 Å². The molecular formula is C29H30N4O6S. The summed E-state index contributed by atoms with van der Waals surface area (Å²) in [6.07, 6.45) is 0. The van der Waals surface area contributed by atoms with Crippen LogP contribution in [0.4, 0.5) is 0 Å². The molecule has 1 aliphatic rings. The Morgan fingerprint density at radius 1 is 0.725 bits per heavy atom. The number of methoxy groups -OCH3 is 6. The summed E-state index contributed by atoms with van der Waals surface area (Å²) in [6, 6.07) is 14.9. The maximum absolute atomic E-state index is 5.71. The van der Waals surface area contributed by atoms with Crippen LogP contribution in [0.25, 0.3) is 22.3 Å². The Bertz CT molecular complexity index is 1530. The molecule has 5 rings (SSSR count). The number of aromatic nitrogens is 2. The standard InChI is InChI=1S/C29H30N4O6S/c1-34-19-11-15(12-20(35-2)26(19)38-5)24-23(28-30-17-9-7-8-10-18(17)31-28)25(33-29(40)32-24)16-13-21(36-3)27(39-6)22(14-16)37-4/h7-14,24H,1-6H3,(H,30,31)(H2,32,33,40)/t24-/m1/s1. The highest BCUT2D eigenvalue weighted by Gasteiger charge is 2.33. The van der Waals surface area contributed by atoms with Crippen molar-refractivity contribution in [1.82, 2.24) is 20.6 Å². The highest BCUT2D eigenvalue weighted by Crippen LogP contribution is 2.46. The summed E-state index contributed by atoms with van der Waals surface area (Å²) in [4.78, 5) is 8.41. The van der Waals surface area contributed by atoms with Crippen LogP contribution < -0.4 is 39.1 Å². The molecule has 0 amide bonds. The van der Waals surface area contributed by atoms with Crippen molar-refractivity contribution in [1.29, 1.82) is 0 Å². The average Bonchev–Trinajstić information content (AvgIpc) is 3.42. The van der Waals surface area contributed by atoms with Gasteiger partial charge in [-0.25, -0.2) is 4.98 Å². The minimum atomic E-state index is -0.461. The van der Waals surface area contributed by atoms with Gasteiger partial charge in [-0.2, -0.15) is 0 Å². The van der Waals surface area contributed by atoms with Crippen LogP contribution in [0.3, 0.4) is 0 Å². The van der Waals surface area contributed by atoms with Gasteiger partial charge in [0.1, 0.15) is 5.82 Å². The summed E-state index contributed by atoms with van der Waals surface area (Å²) >= 11 is 5.71. The first-order chi connectivity index (χ1) is 19.5. The normalized spacial score (nSPS) is 14.8. The van der Waals surface area contributed by atoms with Crippen LogP contribution in [-0.4, -0.2) is 57.7 Å². The van der Waals surface area contributed by atoms with Gasteiger partial charge in [0.05, 0.1) is 65.4 Å². The Morgan fingerprint density at radius 2 is 1.27 bits per heavy atom. The first-order valence-corrected chi connectivity index (χ1v) is 12.7. The van der Waals surface area contributed by atoms with E-state index >= 15 is 0 Å². The number of hydrogen-bond donors (Lipinski definition) is 3. The highest BCUT2D eigenvalue weighted by molar-refractivity contribution is 7.80. The van der Waals surface area contributed by atoms with Crippen LogP contribution >= 0.6 is 12.2 Å². The van der Waals surface area contributed by atoms with Gasteiger partial charge in [-0.15, -0.1) is 0 Å². The summed E-state index contributed by atoms with van der Waals surface area (Å²) in [5.41, 5.74) is 4.80. The number of ether oxygens (including phenoxy) is 6. The predicted octanol–water partition coefficient (Wildman–Crippen LogP) is 4.70. The fourth-order valence-corrected chi connectivity index (χ4v) is 5.09. The van der Waals surface area contributed by atoms with Crippen molar-refractivity contribution in [3.05, 3.63) is 65.5 Å². The van der Waals surface area contributed by atoms with Gasteiger partial charge in [0.25, 0.3) is 0 Å². The molecule has 208 valence electrons. The lowest BCUT2D eigenvalue weighted by Crippen LogP contribution is -2.43. The van der Waals surface area contributed by atoms with E-state index in [4.69, 9.17) is 45.6 Å². The van der Waals surface area contributed by atoms with Crippen LogP contribution in [0.15, 0.2) is 48.5 Å². The zero-order valence-electron chi connectivity index (χ0n) is 23.0. The number of benzene rings is 3. The number of hydrogen-bond acceptors (Lipinski definition) is 8. The number of imidazole rings is 1. The fourth-order valence-electron chi connectivity index (χ4n) is 4.87. The molecule has 3 aromatic carbocycles. The lowest BCUT2D eigenvalue weighted by atomic mass is 9.91. The van der Waals surface area contributed by atoms with Gasteiger partial charge in [0.15, 0.2) is 28.1 Å². The molecule has 1 atom stereocenters. The average molecular weight is 563 g/mol. The number of rotatable bonds is 9. The summed E-state index contributed by atoms with van der Waals surface area (Å²) in [7, 11) is 9.46. The lowest BCUT2D eigenvalue weighted by Gasteiger charge is -2.32. The SMILES string of the molecule is COc1cc(C2=C(c3nc4ccccc4[nH]3)[C@@H](c3cc(OC)c(OC)c(OC)c3)NC(=S)N2)cc(OC)c1OC. The van der Waals surface area contributed by atoms with E-state index < -0.39 is 6.04 Å². The highest BCUT2D eigenvalue weighted by atomic mass is 32.1. The molecule has 0 saturated heterocycles. The van der Waals surface area contributed by atoms with E-state index in [1.54, 1.807) is 42.7 Å². The number of nitrogens with one attached hydrogen (secondary N) is 3. The first-order valence-electron chi connectivity index (χ1n) is 12.3. The zero-order chi connectivity index (χ0) is 28.4. The Hall–Kier alpha value is -4.64. The molecule has 0 radical (unpaired) electrons. The fraction of sp³-hybridized carbons (Fsp3) is 0.241. The van der Waals surface area contributed by atoms with E-state index in [0.717, 1.165) is 27.7 Å². The predicted molar refractivity (Wildman–Crippen MR) is 157 cm³/mol. The topological polar surface area (TPSA) is 108 Å². The molecule has 1 aromatic heterocycles. The maximum Gasteiger partial charge on any atom is 0.203 e. The Kier molecular flexibility index (Phi) is 7.56. The van der Waals surface area contributed by atoms with Gasteiger partial charge >= 0.3 is 0 Å². The molecule has 11 heteroatoms. The third-order valence-corrected chi connectivity index (χ3v) is 6.91. The molecule has 3 N–H and O–H groups in total. The maximum atomic E-state index is 5.71. The number of thiocarbonyl (C=S) groups is 1. The third kappa shape index (κ3) is 4.68. The van der Waals surface area contributed by atoms with Gasteiger partial charge in [-0.3, -0.25) is 0 Å². The second-order valence-corrected chi connectivity index (χ2v) is 9.20. The van der Waals surface area contributed by atoms with Crippen LogP contribution in [0.2, 0.25) is 0 Å². The van der Waals surface area contributed by atoms with Crippen LogP contribution in [-0.2, 0) is 0 Å². The molecule has 0 unspecified atom stereocenters. The minimum absolute atomic E-state index is 0.419. The van der Waals surface area contributed by atoms with Crippen molar-refractivity contribution in [2.24, 2.45) is 0 Å². The Morgan fingerprint density at radius 3 is 1.80 bits per heavy atom. The number of fused-ring (bicyclic) bond motifs is 1. The Balaban J connectivity index is 1.82. The van der Waals surface area contributed by atoms with Crippen molar-refractivity contribution >= 4 is 39.6 Å². The molecule has 40 heavy (non-hydrogen) atoms. The largest absolute Gasteiger partial charge is 0.493 e. The molecule has 4 aromatic rings. The minimum Gasteiger partial charge on any atom is -0.493 e. The Labute approximate surface area is 237 Å². The lowest BCUT2D eigenvalue weighted by molar-refractivity contribution is 0.323. The second kappa shape index (κ2) is 11.2. The van der Waals surface area contributed by atoms with E-state index in [0.29, 0.717) is 51.1 Å². The molecular weight excluding hydrogens is 532 g/mol. The molecule has 0 fully saturated rings. The summed E-state index contributed by atoms with van der Waals surface area (Å²) < 4.78 is 33.7. The molecule has 10 nitrogen and oxygen atoms in total. The molecule has 0 saturated carbocycles. The van der Waals surface area contributed by atoms with E-state index in [1.807, 2.05) is 48.5 Å². The van der Waals surface area contributed by atoms with Crippen molar-refractivity contribution in [3.8, 4) is 34.5 Å². The quantitative estimate of drug-likeness (QED) is 0.249. The van der Waals surface area contributed by atoms with E-state index in [9.17, 15) is 0 Å². The van der Waals surface area contributed by atoms with Gasteiger partial charge in [-0.05, 0) is 54.2 Å². The van der Waals surface area contributed by atoms with Crippen molar-refractivity contribution < 1.29 is 28.4 Å². The van der Waals surface area contributed by atoms with Gasteiger partial charge in [-0.1, -0.05) is 12.1 Å². The van der Waals surface area contributed by atoms with Crippen molar-refractivity contribution in [3.63, 3.8) is 0 Å². The zero-order valence-corrected chi connectivity index (χ0v) is 23.8. The molecule has 2 heterocycles. The number of para-hydroxylation sites is 2. The van der Waals surface area contributed by atoms with Gasteiger partial charge in [0, 0.05) is 11.1 Å². The summed E-state index contributed by atoms with van der Waals surface area (Å²) in [6.45, 7) is 0. The summed E-state index contributed by atoms with van der Waals surface area (Å²) in [5, 5.41) is 7.17. The monoisotopic (exact) mass is 562 g/mol. The smallest absolute Gasteiger partial charge is 0.203 e. The third-order valence-electron chi connectivity index (χ3n) is 6.69. The molecule has 1 aliphatic heterocycles. The first kappa shape index (κ1) is 26.9.